The van der Waals surface area contributed by atoms with Gasteiger partial charge in [-0.2, -0.15) is 4.98 Å². The first-order valence-corrected chi connectivity index (χ1v) is 7.93. The SMILES string of the molecule is Cc1cccc(CCc2nc(C3CCCCCN3)no2)c1. The molecule has 4 heteroatoms. The minimum absolute atomic E-state index is 0.268. The van der Waals surface area contributed by atoms with E-state index in [1.807, 2.05) is 0 Å². The summed E-state index contributed by atoms with van der Waals surface area (Å²) in [7, 11) is 0. The molecule has 1 fully saturated rings. The molecule has 112 valence electrons. The highest BCUT2D eigenvalue weighted by atomic mass is 16.5. The first-order valence-electron chi connectivity index (χ1n) is 7.93. The quantitative estimate of drug-likeness (QED) is 0.935. The van der Waals surface area contributed by atoms with E-state index >= 15 is 0 Å². The van der Waals surface area contributed by atoms with E-state index in [-0.39, 0.29) is 6.04 Å². The molecule has 0 spiro atoms. The van der Waals surface area contributed by atoms with Crippen LogP contribution in [-0.4, -0.2) is 16.7 Å². The molecule has 2 aromatic rings. The summed E-state index contributed by atoms with van der Waals surface area (Å²) in [5.41, 5.74) is 2.61. The Hall–Kier alpha value is -1.68. The highest BCUT2D eigenvalue weighted by Crippen LogP contribution is 2.20. The monoisotopic (exact) mass is 285 g/mol. The lowest BCUT2D eigenvalue weighted by molar-refractivity contribution is 0.364. The summed E-state index contributed by atoms with van der Waals surface area (Å²) in [5.74, 6) is 1.58. The summed E-state index contributed by atoms with van der Waals surface area (Å²) in [5, 5.41) is 7.67. The molecule has 21 heavy (non-hydrogen) atoms. The molecule has 0 amide bonds. The molecule has 1 aliphatic rings. The number of aryl methyl sites for hydroxylation is 3. The van der Waals surface area contributed by atoms with E-state index in [2.05, 4.69) is 46.6 Å². The molecule has 1 unspecified atom stereocenters. The van der Waals surface area contributed by atoms with Gasteiger partial charge in [0.05, 0.1) is 6.04 Å². The van der Waals surface area contributed by atoms with E-state index < -0.39 is 0 Å². The van der Waals surface area contributed by atoms with Crippen LogP contribution in [-0.2, 0) is 12.8 Å². The maximum Gasteiger partial charge on any atom is 0.227 e. The van der Waals surface area contributed by atoms with Crippen LogP contribution in [0.1, 0.15) is 54.6 Å². The smallest absolute Gasteiger partial charge is 0.227 e. The van der Waals surface area contributed by atoms with Crippen LogP contribution in [0.25, 0.3) is 0 Å². The Morgan fingerprint density at radius 2 is 2.19 bits per heavy atom. The van der Waals surface area contributed by atoms with Gasteiger partial charge in [0.1, 0.15) is 0 Å². The molecular formula is C17H23N3O. The second-order valence-electron chi connectivity index (χ2n) is 5.89. The predicted octanol–water partition coefficient (Wildman–Crippen LogP) is 3.37. The van der Waals surface area contributed by atoms with Crippen molar-refractivity contribution in [2.45, 2.75) is 51.5 Å². The molecule has 0 saturated carbocycles. The molecule has 1 N–H and O–H groups in total. The van der Waals surface area contributed by atoms with Crippen LogP contribution in [0.15, 0.2) is 28.8 Å². The van der Waals surface area contributed by atoms with Gasteiger partial charge in [-0.3, -0.25) is 0 Å². The molecule has 0 bridgehead atoms. The first kappa shape index (κ1) is 14.3. The highest BCUT2D eigenvalue weighted by Gasteiger charge is 2.19. The third kappa shape index (κ3) is 3.91. The fourth-order valence-electron chi connectivity index (χ4n) is 2.88. The van der Waals surface area contributed by atoms with Crippen molar-refractivity contribution in [1.82, 2.24) is 15.5 Å². The minimum atomic E-state index is 0.268. The van der Waals surface area contributed by atoms with Crippen molar-refractivity contribution in [3.8, 4) is 0 Å². The van der Waals surface area contributed by atoms with Crippen molar-refractivity contribution in [2.24, 2.45) is 0 Å². The summed E-state index contributed by atoms with van der Waals surface area (Å²) >= 11 is 0. The van der Waals surface area contributed by atoms with Gasteiger partial charge in [0.15, 0.2) is 5.82 Å². The summed E-state index contributed by atoms with van der Waals surface area (Å²) in [6.45, 7) is 3.17. The summed E-state index contributed by atoms with van der Waals surface area (Å²) in [4.78, 5) is 4.57. The maximum absolute atomic E-state index is 5.41. The molecule has 3 rings (SSSR count). The van der Waals surface area contributed by atoms with Gasteiger partial charge in [0, 0.05) is 6.42 Å². The molecule has 1 saturated heterocycles. The third-order valence-corrected chi connectivity index (χ3v) is 4.07. The molecule has 1 aromatic carbocycles. The lowest BCUT2D eigenvalue weighted by Gasteiger charge is -2.09. The number of rotatable bonds is 4. The van der Waals surface area contributed by atoms with Gasteiger partial charge in [-0.15, -0.1) is 0 Å². The van der Waals surface area contributed by atoms with Crippen molar-refractivity contribution in [1.29, 1.82) is 0 Å². The zero-order valence-electron chi connectivity index (χ0n) is 12.6. The molecule has 1 atom stereocenters. The predicted molar refractivity (Wildman–Crippen MR) is 82.1 cm³/mol. The van der Waals surface area contributed by atoms with Gasteiger partial charge >= 0.3 is 0 Å². The fraction of sp³-hybridized carbons (Fsp3) is 0.529. The van der Waals surface area contributed by atoms with Gasteiger partial charge in [-0.1, -0.05) is 47.8 Å². The molecule has 0 radical (unpaired) electrons. The Morgan fingerprint density at radius 1 is 1.24 bits per heavy atom. The van der Waals surface area contributed by atoms with Crippen LogP contribution in [0.3, 0.4) is 0 Å². The van der Waals surface area contributed by atoms with E-state index in [4.69, 9.17) is 4.52 Å². The van der Waals surface area contributed by atoms with Gasteiger partial charge in [-0.25, -0.2) is 0 Å². The number of nitrogens with one attached hydrogen (secondary N) is 1. The van der Waals surface area contributed by atoms with Gasteiger partial charge in [0.25, 0.3) is 0 Å². The lowest BCUT2D eigenvalue weighted by atomic mass is 10.1. The fourth-order valence-corrected chi connectivity index (χ4v) is 2.88. The standard InChI is InChI=1S/C17H23N3O/c1-13-6-5-7-14(12-13)9-10-16-19-17(20-21-16)15-8-3-2-4-11-18-15/h5-7,12,15,18H,2-4,8-11H2,1H3. The number of hydrogen-bond donors (Lipinski definition) is 1. The largest absolute Gasteiger partial charge is 0.339 e. The van der Waals surface area contributed by atoms with Crippen LogP contribution >= 0.6 is 0 Å². The zero-order valence-corrected chi connectivity index (χ0v) is 12.6. The number of hydrogen-bond acceptors (Lipinski definition) is 4. The molecule has 1 aliphatic heterocycles. The second kappa shape index (κ2) is 6.85. The molecule has 4 nitrogen and oxygen atoms in total. The van der Waals surface area contributed by atoms with Gasteiger partial charge < -0.3 is 9.84 Å². The van der Waals surface area contributed by atoms with Gasteiger partial charge in [0.2, 0.25) is 5.89 Å². The zero-order chi connectivity index (χ0) is 14.5. The summed E-state index contributed by atoms with van der Waals surface area (Å²) in [6, 6.07) is 8.84. The first-order chi connectivity index (χ1) is 10.3. The van der Waals surface area contributed by atoms with Crippen LogP contribution in [0.5, 0.6) is 0 Å². The van der Waals surface area contributed by atoms with E-state index in [0.717, 1.165) is 37.5 Å². The lowest BCUT2D eigenvalue weighted by Crippen LogP contribution is -2.21. The van der Waals surface area contributed by atoms with Crippen molar-refractivity contribution >= 4 is 0 Å². The average Bonchev–Trinajstić information content (AvgIpc) is 2.79. The molecule has 1 aromatic heterocycles. The molecular weight excluding hydrogens is 262 g/mol. The van der Waals surface area contributed by atoms with E-state index in [9.17, 15) is 0 Å². The Morgan fingerprint density at radius 3 is 3.10 bits per heavy atom. The summed E-state index contributed by atoms with van der Waals surface area (Å²) < 4.78 is 5.41. The highest BCUT2D eigenvalue weighted by molar-refractivity contribution is 5.22. The molecule has 0 aliphatic carbocycles. The van der Waals surface area contributed by atoms with Crippen LogP contribution in [0.2, 0.25) is 0 Å². The Balaban J connectivity index is 1.59. The summed E-state index contributed by atoms with van der Waals surface area (Å²) in [6.07, 6.45) is 6.64. The number of nitrogens with zero attached hydrogens (tertiary/aromatic N) is 2. The normalized spacial score (nSPS) is 19.4. The van der Waals surface area contributed by atoms with Gasteiger partial charge in [-0.05, 0) is 38.3 Å². The van der Waals surface area contributed by atoms with E-state index in [1.54, 1.807) is 0 Å². The topological polar surface area (TPSA) is 51.0 Å². The Kier molecular flexibility index (Phi) is 4.65. The van der Waals surface area contributed by atoms with Crippen molar-refractivity contribution in [3.05, 3.63) is 47.1 Å². The number of aromatic nitrogens is 2. The van der Waals surface area contributed by atoms with Crippen molar-refractivity contribution in [2.75, 3.05) is 6.54 Å². The van der Waals surface area contributed by atoms with Crippen LogP contribution in [0, 0.1) is 6.92 Å². The molecule has 2 heterocycles. The average molecular weight is 285 g/mol. The van der Waals surface area contributed by atoms with Crippen LogP contribution in [0.4, 0.5) is 0 Å². The second-order valence-corrected chi connectivity index (χ2v) is 5.89. The van der Waals surface area contributed by atoms with E-state index in [0.29, 0.717) is 0 Å². The third-order valence-electron chi connectivity index (χ3n) is 4.07. The van der Waals surface area contributed by atoms with E-state index in [1.165, 1.54) is 30.4 Å². The van der Waals surface area contributed by atoms with Crippen molar-refractivity contribution < 1.29 is 4.52 Å². The Labute approximate surface area is 126 Å². The van der Waals surface area contributed by atoms with Crippen molar-refractivity contribution in [3.63, 3.8) is 0 Å². The van der Waals surface area contributed by atoms with Crippen LogP contribution < -0.4 is 5.32 Å². The number of benzene rings is 1. The maximum atomic E-state index is 5.41. The minimum Gasteiger partial charge on any atom is -0.339 e. The Bertz CT molecular complexity index is 571.